The topological polar surface area (TPSA) is 89.9 Å². The fourth-order valence-corrected chi connectivity index (χ4v) is 5.83. The van der Waals surface area contributed by atoms with Crippen LogP contribution in [-0.4, -0.2) is 52.2 Å². The van der Waals surface area contributed by atoms with E-state index in [0.717, 1.165) is 36.1 Å². The van der Waals surface area contributed by atoms with Gasteiger partial charge >= 0.3 is 0 Å². The second-order valence-corrected chi connectivity index (χ2v) is 9.87. The average Bonchev–Trinajstić information content (AvgIpc) is 3.36. The molecule has 1 aromatic heterocycles. The van der Waals surface area contributed by atoms with Crippen molar-refractivity contribution in [3.8, 4) is 0 Å². The highest BCUT2D eigenvalue weighted by molar-refractivity contribution is 7.09. The maximum absolute atomic E-state index is 13.3. The second kappa shape index (κ2) is 10.6. The number of hydrogen-bond acceptors (Lipinski definition) is 5. The van der Waals surface area contributed by atoms with Gasteiger partial charge in [-0.15, -0.1) is 11.3 Å². The van der Waals surface area contributed by atoms with Gasteiger partial charge in [-0.2, -0.15) is 0 Å². The summed E-state index contributed by atoms with van der Waals surface area (Å²) in [5, 5.41) is 25.7. The van der Waals surface area contributed by atoms with Crippen molar-refractivity contribution in [2.45, 2.75) is 63.2 Å². The highest BCUT2D eigenvalue weighted by atomic mass is 32.1. The first-order chi connectivity index (χ1) is 15.6. The van der Waals surface area contributed by atoms with Crippen molar-refractivity contribution in [3.05, 3.63) is 57.8 Å². The fourth-order valence-electron chi connectivity index (χ4n) is 5.12. The maximum Gasteiger partial charge on any atom is 0.255 e. The number of fused-ring (bicyclic) bond motifs is 1. The molecule has 2 aliphatic rings. The zero-order valence-electron chi connectivity index (χ0n) is 18.3. The van der Waals surface area contributed by atoms with E-state index in [4.69, 9.17) is 0 Å². The lowest BCUT2D eigenvalue weighted by Gasteiger charge is -2.44. The Morgan fingerprint density at radius 3 is 2.59 bits per heavy atom. The first-order valence-corrected chi connectivity index (χ1v) is 12.5. The average molecular weight is 457 g/mol. The van der Waals surface area contributed by atoms with Gasteiger partial charge in [0.05, 0.1) is 6.04 Å². The quantitative estimate of drug-likeness (QED) is 0.598. The van der Waals surface area contributed by atoms with E-state index >= 15 is 0 Å². The third kappa shape index (κ3) is 5.05. The number of aliphatic hydroxyl groups is 2. The van der Waals surface area contributed by atoms with Gasteiger partial charge in [0.25, 0.3) is 11.8 Å². The van der Waals surface area contributed by atoms with Crippen LogP contribution in [0.2, 0.25) is 0 Å². The number of aliphatic hydroxyl groups excluding tert-OH is 2. The molecular formula is C25H32N2O4S. The van der Waals surface area contributed by atoms with Crippen LogP contribution in [0.15, 0.2) is 41.8 Å². The highest BCUT2D eigenvalue weighted by Gasteiger charge is 2.41. The molecule has 0 spiro atoms. The summed E-state index contributed by atoms with van der Waals surface area (Å²) >= 11 is 1.60. The van der Waals surface area contributed by atoms with Crippen LogP contribution < -0.4 is 5.32 Å². The molecule has 1 aliphatic heterocycles. The van der Waals surface area contributed by atoms with Gasteiger partial charge in [0, 0.05) is 18.0 Å². The molecule has 172 valence electrons. The summed E-state index contributed by atoms with van der Waals surface area (Å²) in [7, 11) is 0. The van der Waals surface area contributed by atoms with Gasteiger partial charge in [0.15, 0.2) is 12.2 Å². The molecule has 0 bridgehead atoms. The van der Waals surface area contributed by atoms with Gasteiger partial charge in [0.1, 0.15) is 0 Å². The summed E-state index contributed by atoms with van der Waals surface area (Å²) in [4.78, 5) is 28.5. The summed E-state index contributed by atoms with van der Waals surface area (Å²) in [5.41, 5.74) is 2.38. The molecule has 1 aliphatic carbocycles. The first kappa shape index (κ1) is 23.0. The van der Waals surface area contributed by atoms with Crippen molar-refractivity contribution < 1.29 is 19.8 Å². The second-order valence-electron chi connectivity index (χ2n) is 8.83. The van der Waals surface area contributed by atoms with Crippen LogP contribution in [0.5, 0.6) is 0 Å². The summed E-state index contributed by atoms with van der Waals surface area (Å²) in [6.45, 7) is 0.833. The van der Waals surface area contributed by atoms with Crippen LogP contribution >= 0.6 is 11.3 Å². The zero-order valence-corrected chi connectivity index (χ0v) is 19.1. The minimum Gasteiger partial charge on any atom is -0.380 e. The van der Waals surface area contributed by atoms with E-state index in [-0.39, 0.29) is 6.04 Å². The number of benzene rings is 1. The molecule has 0 saturated heterocycles. The molecule has 1 fully saturated rings. The third-order valence-corrected chi connectivity index (χ3v) is 7.72. The zero-order chi connectivity index (χ0) is 22.5. The number of thiophene rings is 1. The van der Waals surface area contributed by atoms with Gasteiger partial charge in [-0.05, 0) is 54.2 Å². The Morgan fingerprint density at radius 2 is 1.84 bits per heavy atom. The fraction of sp³-hybridized carbons (Fsp3) is 0.520. The predicted molar refractivity (Wildman–Crippen MR) is 124 cm³/mol. The van der Waals surface area contributed by atoms with Gasteiger partial charge < -0.3 is 20.4 Å². The molecule has 7 heteroatoms. The van der Waals surface area contributed by atoms with E-state index in [1.54, 1.807) is 16.2 Å². The number of amides is 2. The lowest BCUT2D eigenvalue weighted by molar-refractivity contribution is -0.156. The monoisotopic (exact) mass is 456 g/mol. The van der Waals surface area contributed by atoms with Crippen LogP contribution in [0.1, 0.15) is 54.1 Å². The number of nitrogens with one attached hydrogen (secondary N) is 1. The van der Waals surface area contributed by atoms with Crippen LogP contribution in [0.3, 0.4) is 0 Å². The van der Waals surface area contributed by atoms with Crippen molar-refractivity contribution in [1.82, 2.24) is 10.2 Å². The molecule has 1 aromatic carbocycles. The smallest absolute Gasteiger partial charge is 0.255 e. The van der Waals surface area contributed by atoms with E-state index in [1.165, 1.54) is 12.0 Å². The molecule has 0 radical (unpaired) electrons. The third-order valence-electron chi connectivity index (χ3n) is 6.78. The maximum atomic E-state index is 13.3. The highest BCUT2D eigenvalue weighted by Crippen LogP contribution is 2.42. The molecule has 4 rings (SSSR count). The molecule has 1 unspecified atom stereocenters. The summed E-state index contributed by atoms with van der Waals surface area (Å²) < 4.78 is 0. The number of nitrogens with zero attached hydrogens (tertiary/aromatic N) is 1. The molecular weight excluding hydrogens is 424 g/mol. The van der Waals surface area contributed by atoms with E-state index < -0.39 is 24.0 Å². The molecule has 3 atom stereocenters. The first-order valence-electron chi connectivity index (χ1n) is 11.6. The van der Waals surface area contributed by atoms with Gasteiger partial charge in [0.2, 0.25) is 0 Å². The van der Waals surface area contributed by atoms with Gasteiger partial charge in [-0.3, -0.25) is 9.59 Å². The summed E-state index contributed by atoms with van der Waals surface area (Å²) in [6.07, 6.45) is 3.39. The molecule has 2 amide bonds. The molecule has 1 saturated carbocycles. The van der Waals surface area contributed by atoms with Gasteiger partial charge in [-0.1, -0.05) is 49.6 Å². The lowest BCUT2D eigenvalue weighted by atomic mass is 9.77. The Labute approximate surface area is 193 Å². The summed E-state index contributed by atoms with van der Waals surface area (Å²) in [5.74, 6) is -0.942. The molecule has 3 N–H and O–H groups in total. The Hall–Kier alpha value is -2.22. The van der Waals surface area contributed by atoms with E-state index in [9.17, 15) is 19.8 Å². The Kier molecular flexibility index (Phi) is 7.60. The SMILES string of the molecule is O=C(NCCc1cccs1)[C@H](O)[C@@H](O)C(=O)N1CCc2ccccc2C1C1CCCCC1. The number of carbonyl (C=O) groups is 2. The Morgan fingerprint density at radius 1 is 1.06 bits per heavy atom. The largest absolute Gasteiger partial charge is 0.380 e. The Bertz CT molecular complexity index is 910. The van der Waals surface area contributed by atoms with E-state index in [2.05, 4.69) is 17.4 Å². The number of carbonyl (C=O) groups excluding carboxylic acids is 2. The van der Waals surface area contributed by atoms with Gasteiger partial charge in [-0.25, -0.2) is 0 Å². The normalized spacial score (nSPS) is 20.9. The van der Waals surface area contributed by atoms with Crippen molar-refractivity contribution in [3.63, 3.8) is 0 Å². The van der Waals surface area contributed by atoms with E-state index in [1.807, 2.05) is 29.6 Å². The molecule has 2 heterocycles. The molecule has 32 heavy (non-hydrogen) atoms. The van der Waals surface area contributed by atoms with Crippen LogP contribution in [0.4, 0.5) is 0 Å². The number of hydrogen-bond donors (Lipinski definition) is 3. The lowest BCUT2D eigenvalue weighted by Crippen LogP contribution is -2.54. The van der Waals surface area contributed by atoms with Crippen molar-refractivity contribution in [1.29, 1.82) is 0 Å². The van der Waals surface area contributed by atoms with Crippen LogP contribution in [0.25, 0.3) is 0 Å². The van der Waals surface area contributed by atoms with Crippen molar-refractivity contribution in [2.75, 3.05) is 13.1 Å². The van der Waals surface area contributed by atoms with E-state index in [0.29, 0.717) is 31.8 Å². The van der Waals surface area contributed by atoms with Crippen molar-refractivity contribution in [2.24, 2.45) is 5.92 Å². The number of rotatable bonds is 7. The Balaban J connectivity index is 1.44. The standard InChI is InChI=1S/C25H32N2O4S/c28-22(24(30)26-14-12-19-10-6-16-32-19)23(29)25(31)27-15-13-17-7-4-5-11-20(17)21(27)18-8-2-1-3-9-18/h4-7,10-11,16,18,21-23,28-29H,1-3,8-9,12-15H2,(H,26,30)/t21?,22-,23-/m1/s1. The van der Waals surface area contributed by atoms with Crippen LogP contribution in [0, 0.1) is 5.92 Å². The van der Waals surface area contributed by atoms with Crippen LogP contribution in [-0.2, 0) is 22.4 Å². The summed E-state index contributed by atoms with van der Waals surface area (Å²) in [6, 6.07) is 12.0. The predicted octanol–water partition coefficient (Wildman–Crippen LogP) is 2.83. The molecule has 6 nitrogen and oxygen atoms in total. The minimum absolute atomic E-state index is 0.114. The van der Waals surface area contributed by atoms with Crippen molar-refractivity contribution >= 4 is 23.2 Å². The molecule has 2 aromatic rings. The minimum atomic E-state index is -1.78.